The van der Waals surface area contributed by atoms with Crippen molar-refractivity contribution >= 4 is 34.8 Å². The number of carbonyl (C=O) groups excluding carboxylic acids is 2. The van der Waals surface area contributed by atoms with Crippen LogP contribution in [0.25, 0.3) is 10.4 Å². The Morgan fingerprint density at radius 2 is 1.65 bits per heavy atom. The fourth-order valence-electron chi connectivity index (χ4n) is 3.97. The predicted octanol–water partition coefficient (Wildman–Crippen LogP) is 5.48. The Morgan fingerprint density at radius 3 is 2.16 bits per heavy atom. The molecule has 1 heterocycles. The third kappa shape index (κ3) is 6.22. The highest BCUT2D eigenvalue weighted by molar-refractivity contribution is 7.17. The van der Waals surface area contributed by atoms with E-state index in [0.29, 0.717) is 24.1 Å². The molecular weight excluding hydrogens is 488 g/mol. The van der Waals surface area contributed by atoms with E-state index in [0.717, 1.165) is 27.3 Å². The minimum absolute atomic E-state index is 0.175. The first-order valence-corrected chi connectivity index (χ1v) is 12.9. The van der Waals surface area contributed by atoms with Gasteiger partial charge in [0.2, 0.25) is 0 Å². The lowest BCUT2D eigenvalue weighted by molar-refractivity contribution is -0.140. The van der Waals surface area contributed by atoms with Crippen molar-refractivity contribution in [3.8, 4) is 16.5 Å². The number of carboxylic acids is 1. The number of nitriles is 1. The molecule has 0 saturated heterocycles. The van der Waals surface area contributed by atoms with Crippen LogP contribution in [-0.2, 0) is 10.2 Å². The number of benzene rings is 2. The van der Waals surface area contributed by atoms with Gasteiger partial charge in [0.15, 0.2) is 5.01 Å². The van der Waals surface area contributed by atoms with Gasteiger partial charge in [-0.05, 0) is 54.2 Å². The van der Waals surface area contributed by atoms with E-state index >= 15 is 0 Å². The molecule has 1 atom stereocenters. The lowest BCUT2D eigenvalue weighted by Gasteiger charge is -2.24. The number of carboxylic acid groups (broad SMARTS) is 1. The molecule has 1 aromatic heterocycles. The summed E-state index contributed by atoms with van der Waals surface area (Å²) in [5.74, 6) is -2.15. The first kappa shape index (κ1) is 27.6. The molecule has 3 rings (SSSR count). The minimum Gasteiger partial charge on any atom is -0.480 e. The fourth-order valence-corrected chi connectivity index (χ4v) is 4.80. The molecule has 37 heavy (non-hydrogen) atoms. The summed E-state index contributed by atoms with van der Waals surface area (Å²) in [4.78, 5) is 41.4. The number of thiazole rings is 1. The van der Waals surface area contributed by atoms with Crippen LogP contribution < -0.4 is 10.6 Å². The Morgan fingerprint density at radius 1 is 1.03 bits per heavy atom. The van der Waals surface area contributed by atoms with Gasteiger partial charge in [-0.3, -0.25) is 9.59 Å². The molecule has 0 radical (unpaired) electrons. The van der Waals surface area contributed by atoms with Gasteiger partial charge in [-0.1, -0.05) is 52.0 Å². The second-order valence-corrected chi connectivity index (χ2v) is 10.1. The molecule has 3 N–H and O–H groups in total. The summed E-state index contributed by atoms with van der Waals surface area (Å²) in [5.41, 5.74) is 2.26. The number of carbonyl (C=O) groups is 3. The fraction of sp³-hybridized carbons (Fsp3) is 0.321. The van der Waals surface area contributed by atoms with E-state index in [4.69, 9.17) is 0 Å². The average molecular weight is 519 g/mol. The monoisotopic (exact) mass is 518 g/mol. The predicted molar refractivity (Wildman–Crippen MR) is 144 cm³/mol. The lowest BCUT2D eigenvalue weighted by atomic mass is 9.77. The van der Waals surface area contributed by atoms with Crippen molar-refractivity contribution in [2.24, 2.45) is 5.92 Å². The maximum atomic E-state index is 12.7. The molecule has 8 nitrogen and oxygen atoms in total. The average Bonchev–Trinajstić information content (AvgIpc) is 3.39. The highest BCUT2D eigenvalue weighted by Gasteiger charge is 2.28. The van der Waals surface area contributed by atoms with Gasteiger partial charge in [-0.15, -0.1) is 11.3 Å². The normalized spacial score (nSPS) is 12.0. The Kier molecular flexibility index (Phi) is 8.79. The Bertz CT molecular complexity index is 1300. The zero-order valence-corrected chi connectivity index (χ0v) is 22.1. The number of rotatable bonds is 10. The Labute approximate surface area is 220 Å². The van der Waals surface area contributed by atoms with Gasteiger partial charge < -0.3 is 15.7 Å². The van der Waals surface area contributed by atoms with Crippen LogP contribution in [0.15, 0.2) is 54.7 Å². The van der Waals surface area contributed by atoms with E-state index in [1.165, 1.54) is 0 Å². The van der Waals surface area contributed by atoms with Crippen LogP contribution in [0.5, 0.6) is 0 Å². The van der Waals surface area contributed by atoms with Gasteiger partial charge in [0.25, 0.3) is 11.8 Å². The summed E-state index contributed by atoms with van der Waals surface area (Å²) in [7, 11) is 0. The van der Waals surface area contributed by atoms with Crippen LogP contribution in [0, 0.1) is 17.2 Å². The number of aromatic nitrogens is 1. The van der Waals surface area contributed by atoms with E-state index in [9.17, 15) is 24.8 Å². The van der Waals surface area contributed by atoms with Gasteiger partial charge in [0.05, 0.1) is 16.4 Å². The van der Waals surface area contributed by atoms with Crippen molar-refractivity contribution in [2.45, 2.75) is 52.0 Å². The minimum atomic E-state index is -1.09. The molecule has 2 aromatic carbocycles. The second-order valence-electron chi connectivity index (χ2n) is 9.07. The van der Waals surface area contributed by atoms with Crippen molar-refractivity contribution in [1.29, 1.82) is 5.26 Å². The molecule has 0 aliphatic heterocycles. The van der Waals surface area contributed by atoms with Crippen LogP contribution >= 0.6 is 11.3 Å². The van der Waals surface area contributed by atoms with Crippen LogP contribution in [0.1, 0.15) is 66.3 Å². The maximum absolute atomic E-state index is 12.7. The van der Waals surface area contributed by atoms with Crippen molar-refractivity contribution in [3.63, 3.8) is 0 Å². The molecule has 0 bridgehead atoms. The first-order valence-electron chi connectivity index (χ1n) is 12.1. The summed E-state index contributed by atoms with van der Waals surface area (Å²) in [6.07, 6.45) is 2.96. The summed E-state index contributed by atoms with van der Waals surface area (Å²) < 4.78 is 0. The molecule has 0 unspecified atom stereocenters. The Balaban J connectivity index is 1.67. The topological polar surface area (TPSA) is 132 Å². The molecule has 0 aliphatic rings. The standard InChI is InChI=1S/C28H30N4O4S/c1-5-28(6-2,16-29)20-11-7-19(8-12-20)24(33)31-21-13-9-18(10-14-21)22-15-30-26(37-22)25(34)32-23(17(3)4)27(35)36/h7-15,17,23H,5-6H2,1-4H3,(H,31,33)(H,32,34)(H,35,36)/t23-/m1/s1. The number of hydrogen-bond acceptors (Lipinski definition) is 6. The van der Waals surface area contributed by atoms with Crippen LogP contribution in [-0.4, -0.2) is 33.9 Å². The molecule has 0 fully saturated rings. The number of nitrogens with one attached hydrogen (secondary N) is 2. The lowest BCUT2D eigenvalue weighted by Crippen LogP contribution is -2.44. The first-order chi connectivity index (χ1) is 17.6. The number of anilines is 1. The molecule has 0 saturated carbocycles. The van der Waals surface area contributed by atoms with Gasteiger partial charge in [-0.25, -0.2) is 9.78 Å². The van der Waals surface area contributed by atoms with Crippen molar-refractivity contribution in [3.05, 3.63) is 70.9 Å². The number of aliphatic carboxylic acids is 1. The summed E-state index contributed by atoms with van der Waals surface area (Å²) in [6.45, 7) is 7.42. The van der Waals surface area contributed by atoms with E-state index in [2.05, 4.69) is 21.7 Å². The molecule has 0 aliphatic carbocycles. The summed E-state index contributed by atoms with van der Waals surface area (Å²) in [5, 5.41) is 24.5. The quantitative estimate of drug-likeness (QED) is 0.325. The summed E-state index contributed by atoms with van der Waals surface area (Å²) in [6, 6.07) is 15.7. The Hall–Kier alpha value is -4.03. The zero-order valence-electron chi connectivity index (χ0n) is 21.2. The summed E-state index contributed by atoms with van der Waals surface area (Å²) >= 11 is 1.16. The van der Waals surface area contributed by atoms with Crippen molar-refractivity contribution < 1.29 is 19.5 Å². The molecule has 3 aromatic rings. The maximum Gasteiger partial charge on any atom is 0.326 e. The van der Waals surface area contributed by atoms with Gasteiger partial charge in [0, 0.05) is 17.4 Å². The van der Waals surface area contributed by atoms with Crippen LogP contribution in [0.2, 0.25) is 0 Å². The second kappa shape index (κ2) is 11.8. The molecular formula is C28H30N4O4S. The van der Waals surface area contributed by atoms with Crippen LogP contribution in [0.3, 0.4) is 0 Å². The van der Waals surface area contributed by atoms with E-state index in [1.807, 2.05) is 38.1 Å². The molecule has 2 amide bonds. The third-order valence-electron chi connectivity index (χ3n) is 6.47. The highest BCUT2D eigenvalue weighted by atomic mass is 32.1. The zero-order chi connectivity index (χ0) is 27.2. The van der Waals surface area contributed by atoms with E-state index in [-0.39, 0.29) is 16.8 Å². The largest absolute Gasteiger partial charge is 0.480 e. The number of amides is 2. The van der Waals surface area contributed by atoms with E-state index < -0.39 is 23.3 Å². The van der Waals surface area contributed by atoms with Crippen molar-refractivity contribution in [1.82, 2.24) is 10.3 Å². The van der Waals surface area contributed by atoms with E-state index in [1.54, 1.807) is 44.3 Å². The molecule has 192 valence electrons. The van der Waals surface area contributed by atoms with Gasteiger partial charge >= 0.3 is 5.97 Å². The highest BCUT2D eigenvalue weighted by Crippen LogP contribution is 2.31. The van der Waals surface area contributed by atoms with Gasteiger partial charge in [-0.2, -0.15) is 5.26 Å². The third-order valence-corrected chi connectivity index (χ3v) is 7.51. The van der Waals surface area contributed by atoms with Gasteiger partial charge in [0.1, 0.15) is 6.04 Å². The molecule has 9 heteroatoms. The number of nitrogens with zero attached hydrogens (tertiary/aromatic N) is 2. The number of hydrogen-bond donors (Lipinski definition) is 3. The molecule has 0 spiro atoms. The smallest absolute Gasteiger partial charge is 0.326 e. The van der Waals surface area contributed by atoms with Crippen LogP contribution in [0.4, 0.5) is 5.69 Å². The SMILES string of the molecule is CCC(C#N)(CC)c1ccc(C(=O)Nc2ccc(-c3cnc(C(=O)N[C@@H](C(=O)O)C(C)C)s3)cc2)cc1. The van der Waals surface area contributed by atoms with Crippen molar-refractivity contribution in [2.75, 3.05) is 5.32 Å².